The van der Waals surface area contributed by atoms with Gasteiger partial charge in [-0.2, -0.15) is 19.6 Å². The highest BCUT2D eigenvalue weighted by atomic mass is 35.5. The fourth-order valence-corrected chi connectivity index (χ4v) is 2.51. The second-order valence-corrected chi connectivity index (χ2v) is 5.43. The molecule has 2 atom stereocenters. The Bertz CT molecular complexity index is 646. The standard InChI is InChI=1S/C12H16ClN5O2/c1-7-9(13)17-11-15-6-16-18(11)10(7)14-5-12(19)3-4-20-8(12)2/h6,8,14,19H,3-5H2,1-2H3. The fourth-order valence-electron chi connectivity index (χ4n) is 2.34. The summed E-state index contributed by atoms with van der Waals surface area (Å²) >= 11 is 6.09. The van der Waals surface area contributed by atoms with E-state index < -0.39 is 5.60 Å². The summed E-state index contributed by atoms with van der Waals surface area (Å²) in [5.74, 6) is 1.11. The molecule has 3 heterocycles. The molecule has 1 fully saturated rings. The van der Waals surface area contributed by atoms with Crippen LogP contribution in [-0.2, 0) is 4.74 Å². The molecular weight excluding hydrogens is 282 g/mol. The third-order valence-electron chi connectivity index (χ3n) is 3.83. The van der Waals surface area contributed by atoms with E-state index in [0.717, 1.165) is 5.56 Å². The zero-order chi connectivity index (χ0) is 14.3. The highest BCUT2D eigenvalue weighted by Crippen LogP contribution is 2.28. The highest BCUT2D eigenvalue weighted by Gasteiger charge is 2.39. The quantitative estimate of drug-likeness (QED) is 0.824. The van der Waals surface area contributed by atoms with Gasteiger partial charge in [0.05, 0.1) is 6.10 Å². The van der Waals surface area contributed by atoms with Crippen molar-refractivity contribution in [3.63, 3.8) is 0 Å². The predicted molar refractivity (Wildman–Crippen MR) is 74.0 cm³/mol. The number of nitrogens with zero attached hydrogens (tertiary/aromatic N) is 4. The van der Waals surface area contributed by atoms with E-state index in [9.17, 15) is 5.11 Å². The molecule has 0 aromatic carbocycles. The summed E-state index contributed by atoms with van der Waals surface area (Å²) in [6.45, 7) is 4.63. The van der Waals surface area contributed by atoms with E-state index in [0.29, 0.717) is 36.3 Å². The normalized spacial score (nSPS) is 26.3. The van der Waals surface area contributed by atoms with Crippen molar-refractivity contribution in [2.75, 3.05) is 18.5 Å². The van der Waals surface area contributed by atoms with Gasteiger partial charge in [0.15, 0.2) is 0 Å². The minimum atomic E-state index is -0.894. The number of rotatable bonds is 3. The van der Waals surface area contributed by atoms with E-state index >= 15 is 0 Å². The molecule has 3 rings (SSSR count). The molecule has 2 aromatic heterocycles. The lowest BCUT2D eigenvalue weighted by molar-refractivity contribution is -0.0176. The monoisotopic (exact) mass is 297 g/mol. The zero-order valence-electron chi connectivity index (χ0n) is 11.3. The van der Waals surface area contributed by atoms with Crippen molar-refractivity contribution in [2.45, 2.75) is 32.0 Å². The van der Waals surface area contributed by atoms with E-state index in [4.69, 9.17) is 16.3 Å². The van der Waals surface area contributed by atoms with Crippen molar-refractivity contribution in [3.8, 4) is 0 Å². The molecule has 2 N–H and O–H groups in total. The van der Waals surface area contributed by atoms with Gasteiger partial charge in [-0.15, -0.1) is 0 Å². The fraction of sp³-hybridized carbons (Fsp3) is 0.583. The zero-order valence-corrected chi connectivity index (χ0v) is 12.1. The average Bonchev–Trinajstić information content (AvgIpc) is 2.98. The Balaban J connectivity index is 1.91. The number of ether oxygens (including phenoxy) is 1. The summed E-state index contributed by atoms with van der Waals surface area (Å²) in [5, 5.41) is 18.2. The van der Waals surface area contributed by atoms with Crippen LogP contribution in [0.2, 0.25) is 5.15 Å². The summed E-state index contributed by atoms with van der Waals surface area (Å²) in [5.41, 5.74) is -0.130. The lowest BCUT2D eigenvalue weighted by atomic mass is 9.97. The topological polar surface area (TPSA) is 84.6 Å². The van der Waals surface area contributed by atoms with Crippen LogP contribution >= 0.6 is 11.6 Å². The van der Waals surface area contributed by atoms with Gasteiger partial charge in [-0.05, 0) is 13.8 Å². The molecule has 20 heavy (non-hydrogen) atoms. The second-order valence-electron chi connectivity index (χ2n) is 5.07. The molecule has 0 spiro atoms. The molecule has 0 bridgehead atoms. The van der Waals surface area contributed by atoms with E-state index in [1.54, 1.807) is 4.52 Å². The van der Waals surface area contributed by atoms with Crippen LogP contribution in [-0.4, -0.2) is 49.5 Å². The predicted octanol–water partition coefficient (Wildman–Crippen LogP) is 1.04. The van der Waals surface area contributed by atoms with Gasteiger partial charge < -0.3 is 15.2 Å². The van der Waals surface area contributed by atoms with Gasteiger partial charge in [0.2, 0.25) is 0 Å². The van der Waals surface area contributed by atoms with Gasteiger partial charge in [-0.1, -0.05) is 11.6 Å². The molecule has 1 aliphatic heterocycles. The van der Waals surface area contributed by atoms with Crippen LogP contribution in [0.1, 0.15) is 18.9 Å². The Labute approximate surface area is 120 Å². The van der Waals surface area contributed by atoms with Gasteiger partial charge in [0, 0.05) is 25.1 Å². The SMILES string of the molecule is Cc1c(Cl)nc2ncnn2c1NCC1(O)CCOC1C. The van der Waals surface area contributed by atoms with Gasteiger partial charge in [0.1, 0.15) is 22.9 Å². The summed E-state index contributed by atoms with van der Waals surface area (Å²) in [4.78, 5) is 8.16. The van der Waals surface area contributed by atoms with Crippen molar-refractivity contribution in [1.29, 1.82) is 0 Å². The van der Waals surface area contributed by atoms with Crippen molar-refractivity contribution in [3.05, 3.63) is 17.0 Å². The third-order valence-corrected chi connectivity index (χ3v) is 4.19. The maximum Gasteiger partial charge on any atom is 0.255 e. The lowest BCUT2D eigenvalue weighted by Crippen LogP contribution is -2.43. The first-order valence-electron chi connectivity index (χ1n) is 6.45. The van der Waals surface area contributed by atoms with E-state index in [1.165, 1.54) is 6.33 Å². The van der Waals surface area contributed by atoms with Gasteiger partial charge in [-0.25, -0.2) is 0 Å². The Morgan fingerprint density at radius 1 is 1.65 bits per heavy atom. The van der Waals surface area contributed by atoms with Crippen molar-refractivity contribution in [2.24, 2.45) is 0 Å². The number of fused-ring (bicyclic) bond motifs is 1. The lowest BCUT2D eigenvalue weighted by Gasteiger charge is -2.27. The number of anilines is 1. The summed E-state index contributed by atoms with van der Waals surface area (Å²) in [6, 6.07) is 0. The molecule has 2 unspecified atom stereocenters. The molecule has 108 valence electrons. The Morgan fingerprint density at radius 3 is 3.15 bits per heavy atom. The average molecular weight is 298 g/mol. The number of aliphatic hydroxyl groups is 1. The van der Waals surface area contributed by atoms with Crippen molar-refractivity contribution < 1.29 is 9.84 Å². The Kier molecular flexibility index (Phi) is 3.27. The molecule has 1 aliphatic rings. The molecule has 2 aromatic rings. The first-order valence-corrected chi connectivity index (χ1v) is 6.83. The number of hydrogen-bond donors (Lipinski definition) is 2. The summed E-state index contributed by atoms with van der Waals surface area (Å²) in [6.07, 6.45) is 1.80. The number of nitrogens with one attached hydrogen (secondary N) is 1. The molecule has 7 nitrogen and oxygen atoms in total. The van der Waals surface area contributed by atoms with Crippen LogP contribution in [0.15, 0.2) is 6.33 Å². The van der Waals surface area contributed by atoms with Gasteiger partial charge >= 0.3 is 0 Å². The van der Waals surface area contributed by atoms with Crippen LogP contribution in [0.4, 0.5) is 5.82 Å². The van der Waals surface area contributed by atoms with Crippen molar-refractivity contribution >= 4 is 23.2 Å². The van der Waals surface area contributed by atoms with E-state index in [-0.39, 0.29) is 6.10 Å². The minimum Gasteiger partial charge on any atom is -0.385 e. The molecule has 1 saturated heterocycles. The smallest absolute Gasteiger partial charge is 0.255 e. The highest BCUT2D eigenvalue weighted by molar-refractivity contribution is 6.30. The molecule has 0 radical (unpaired) electrons. The number of hydrogen-bond acceptors (Lipinski definition) is 6. The van der Waals surface area contributed by atoms with Gasteiger partial charge in [-0.3, -0.25) is 0 Å². The van der Waals surface area contributed by atoms with E-state index in [2.05, 4.69) is 20.4 Å². The van der Waals surface area contributed by atoms with Crippen LogP contribution in [0.25, 0.3) is 5.78 Å². The van der Waals surface area contributed by atoms with Crippen LogP contribution in [0.5, 0.6) is 0 Å². The number of halogens is 1. The van der Waals surface area contributed by atoms with Gasteiger partial charge in [0.25, 0.3) is 5.78 Å². The maximum absolute atomic E-state index is 10.5. The third kappa shape index (κ3) is 2.11. The van der Waals surface area contributed by atoms with Crippen LogP contribution in [0.3, 0.4) is 0 Å². The Morgan fingerprint density at radius 2 is 2.45 bits per heavy atom. The first-order chi connectivity index (χ1) is 9.51. The molecular formula is C12H16ClN5O2. The maximum atomic E-state index is 10.5. The van der Waals surface area contributed by atoms with Crippen LogP contribution in [0, 0.1) is 6.92 Å². The molecule has 8 heteroatoms. The van der Waals surface area contributed by atoms with Crippen molar-refractivity contribution in [1.82, 2.24) is 19.6 Å². The Hall–Kier alpha value is -1.44. The summed E-state index contributed by atoms with van der Waals surface area (Å²) < 4.78 is 6.99. The minimum absolute atomic E-state index is 0.209. The first kappa shape index (κ1) is 13.5. The number of aromatic nitrogens is 4. The second kappa shape index (κ2) is 4.83. The molecule has 0 saturated carbocycles. The summed E-state index contributed by atoms with van der Waals surface area (Å²) in [7, 11) is 0. The molecule has 0 aliphatic carbocycles. The largest absolute Gasteiger partial charge is 0.385 e. The molecule has 0 amide bonds. The van der Waals surface area contributed by atoms with Crippen LogP contribution < -0.4 is 5.32 Å². The van der Waals surface area contributed by atoms with E-state index in [1.807, 2.05) is 13.8 Å².